The summed E-state index contributed by atoms with van der Waals surface area (Å²) in [5.74, 6) is 1.18. The Kier molecular flexibility index (Phi) is 6.26. The molecule has 1 amide bonds. The molecular formula is C9H12Cl3FN2O2S2. The minimum Gasteiger partial charge on any atom is -0.324 e. The quantitative estimate of drug-likeness (QED) is 0.449. The molecule has 1 aliphatic heterocycles. The molecule has 0 fully saturated rings. The van der Waals surface area contributed by atoms with E-state index in [0.717, 1.165) is 10.1 Å². The highest BCUT2D eigenvalue weighted by Gasteiger charge is 2.34. The zero-order valence-electron chi connectivity index (χ0n) is 10.1. The highest BCUT2D eigenvalue weighted by molar-refractivity contribution is 8.02. The molecule has 4 nitrogen and oxygen atoms in total. The second-order valence-corrected chi connectivity index (χ2v) is 8.14. The van der Waals surface area contributed by atoms with Gasteiger partial charge in [0.15, 0.2) is 0 Å². The standard InChI is InChI=1S/C9H12Cl3FN2O2S2/c1-8(4-10)5-18-3-6(8)14-17-7(16)15(2)19-9(11,12)13/h3,14H,4-5H2,1-2H3. The number of carbonyl (C=O) groups excluding carboxylic acids is 1. The number of thioether (sulfide) groups is 1. The van der Waals surface area contributed by atoms with E-state index in [1.165, 1.54) is 7.05 Å². The fourth-order valence-corrected chi connectivity index (χ4v) is 3.74. The molecule has 10 heteroatoms. The summed E-state index contributed by atoms with van der Waals surface area (Å²) < 4.78 is 11.2. The van der Waals surface area contributed by atoms with E-state index in [2.05, 4.69) is 5.48 Å². The molecule has 0 spiro atoms. The van der Waals surface area contributed by atoms with Gasteiger partial charge in [0, 0.05) is 36.0 Å². The van der Waals surface area contributed by atoms with Crippen LogP contribution in [0.5, 0.6) is 0 Å². The van der Waals surface area contributed by atoms with E-state index in [0.29, 0.717) is 11.6 Å². The van der Waals surface area contributed by atoms with Crippen molar-refractivity contribution in [2.24, 2.45) is 5.41 Å². The lowest BCUT2D eigenvalue weighted by molar-refractivity contribution is 0.0849. The third-order valence-electron chi connectivity index (χ3n) is 2.29. The maximum absolute atomic E-state index is 12.9. The van der Waals surface area contributed by atoms with Crippen LogP contribution < -0.4 is 5.48 Å². The predicted octanol–water partition coefficient (Wildman–Crippen LogP) is 4.10. The van der Waals surface area contributed by atoms with Gasteiger partial charge in [0.05, 0.1) is 5.70 Å². The summed E-state index contributed by atoms with van der Waals surface area (Å²) in [5, 5.41) is 1.82. The Morgan fingerprint density at radius 3 is 2.95 bits per heavy atom. The van der Waals surface area contributed by atoms with Gasteiger partial charge in [-0.05, 0) is 5.41 Å². The topological polar surface area (TPSA) is 41.6 Å². The average molecular weight is 370 g/mol. The van der Waals surface area contributed by atoms with Crippen molar-refractivity contribution in [2.75, 3.05) is 18.7 Å². The molecule has 0 saturated carbocycles. The molecule has 1 rings (SSSR count). The number of halogens is 4. The highest BCUT2D eigenvalue weighted by Crippen LogP contribution is 2.39. The van der Waals surface area contributed by atoms with E-state index in [1.807, 2.05) is 12.3 Å². The van der Waals surface area contributed by atoms with Crippen molar-refractivity contribution in [1.82, 2.24) is 9.79 Å². The van der Waals surface area contributed by atoms with E-state index < -0.39 is 10.0 Å². The number of nitrogens with zero attached hydrogens (tertiary/aromatic N) is 1. The smallest absolute Gasteiger partial charge is 0.324 e. The van der Waals surface area contributed by atoms with Gasteiger partial charge in [-0.1, -0.05) is 30.1 Å². The third-order valence-corrected chi connectivity index (χ3v) is 5.13. The van der Waals surface area contributed by atoms with E-state index in [9.17, 15) is 9.18 Å². The van der Waals surface area contributed by atoms with E-state index in [-0.39, 0.29) is 17.4 Å². The maximum atomic E-state index is 12.9. The van der Waals surface area contributed by atoms with Crippen molar-refractivity contribution in [3.05, 3.63) is 11.1 Å². The number of hydrogen-bond acceptors (Lipinski definition) is 5. The van der Waals surface area contributed by atoms with Crippen LogP contribution >= 0.6 is 58.5 Å². The Morgan fingerprint density at radius 1 is 1.79 bits per heavy atom. The molecule has 0 radical (unpaired) electrons. The molecule has 0 saturated heterocycles. The maximum Gasteiger partial charge on any atom is 0.444 e. The van der Waals surface area contributed by atoms with E-state index in [1.54, 1.807) is 11.8 Å². The summed E-state index contributed by atoms with van der Waals surface area (Å²) in [6.07, 6.45) is -0.831. The van der Waals surface area contributed by atoms with Crippen LogP contribution in [0.2, 0.25) is 0 Å². The van der Waals surface area contributed by atoms with Crippen LogP contribution in [-0.2, 0) is 4.84 Å². The van der Waals surface area contributed by atoms with Gasteiger partial charge in [-0.25, -0.2) is 14.6 Å². The second kappa shape index (κ2) is 6.85. The predicted molar refractivity (Wildman–Crippen MR) is 79.9 cm³/mol. The number of nitrogens with one attached hydrogen (secondary N) is 1. The number of rotatable bonds is 5. The first kappa shape index (κ1) is 17.4. The fraction of sp³-hybridized carbons (Fsp3) is 0.667. The first-order valence-corrected chi connectivity index (χ1v) is 8.14. The van der Waals surface area contributed by atoms with Crippen LogP contribution in [0.15, 0.2) is 11.1 Å². The molecule has 0 aliphatic carbocycles. The van der Waals surface area contributed by atoms with Crippen molar-refractivity contribution in [3.8, 4) is 0 Å². The fourth-order valence-electron chi connectivity index (χ4n) is 1.14. The van der Waals surface area contributed by atoms with Gasteiger partial charge in [0.25, 0.3) is 0 Å². The summed E-state index contributed by atoms with van der Waals surface area (Å²) in [6, 6.07) is 0. The Morgan fingerprint density at radius 2 is 2.42 bits per heavy atom. The van der Waals surface area contributed by atoms with Crippen molar-refractivity contribution >= 4 is 64.6 Å². The largest absolute Gasteiger partial charge is 0.444 e. The molecule has 1 aliphatic rings. The minimum absolute atomic E-state index is 0.285. The lowest BCUT2D eigenvalue weighted by atomic mass is 9.93. The molecule has 0 bridgehead atoms. The number of hydroxylamine groups is 1. The van der Waals surface area contributed by atoms with Gasteiger partial charge < -0.3 is 4.84 Å². The second-order valence-electron chi connectivity index (χ2n) is 4.04. The Labute approximate surface area is 134 Å². The van der Waals surface area contributed by atoms with Crippen LogP contribution in [0.1, 0.15) is 6.92 Å². The molecule has 1 unspecified atom stereocenters. The summed E-state index contributed by atoms with van der Waals surface area (Å²) in [7, 11) is 1.28. The van der Waals surface area contributed by atoms with Crippen LogP contribution in [0.25, 0.3) is 0 Å². The summed E-state index contributed by atoms with van der Waals surface area (Å²) in [5.41, 5.74) is 2.94. The van der Waals surface area contributed by atoms with Gasteiger partial charge >= 0.3 is 10.0 Å². The zero-order valence-corrected chi connectivity index (χ0v) is 14.0. The normalized spacial score (nSPS) is 22.9. The molecule has 0 aromatic rings. The Balaban J connectivity index is 2.47. The van der Waals surface area contributed by atoms with Crippen molar-refractivity contribution in [2.45, 2.75) is 10.8 Å². The minimum atomic E-state index is -2.60. The number of hydrogen-bond donors (Lipinski definition) is 1. The molecule has 1 atom stereocenters. The molecule has 19 heavy (non-hydrogen) atoms. The van der Waals surface area contributed by atoms with Gasteiger partial charge in [0.2, 0.25) is 0 Å². The molecule has 110 valence electrons. The Hall–Kier alpha value is 0.310. The highest BCUT2D eigenvalue weighted by atomic mass is 35.5. The average Bonchev–Trinajstić information content (AvgIpc) is 2.66. The zero-order chi connectivity index (χ0) is 14.7. The van der Waals surface area contributed by atoms with E-state index in [4.69, 9.17) is 39.6 Å². The number of amides is 1. The summed E-state index contributed by atoms with van der Waals surface area (Å²) in [6.45, 7) is 1.94. The van der Waals surface area contributed by atoms with Crippen LogP contribution in [0, 0.1) is 5.41 Å². The number of carbonyl (C=O) groups is 1. The first-order valence-electron chi connectivity index (χ1n) is 5.02. The summed E-state index contributed by atoms with van der Waals surface area (Å²) in [4.78, 5) is 16.4. The SMILES string of the molecule is CN(SC(F)(Cl)Cl)C(=O)ONC1=CSCC1(C)CCl. The van der Waals surface area contributed by atoms with Crippen LogP contribution in [0.4, 0.5) is 9.18 Å². The van der Waals surface area contributed by atoms with E-state index >= 15 is 0 Å². The van der Waals surface area contributed by atoms with Crippen molar-refractivity contribution in [3.63, 3.8) is 0 Å². The van der Waals surface area contributed by atoms with Gasteiger partial charge in [-0.15, -0.1) is 23.4 Å². The third kappa shape index (κ3) is 5.30. The molecule has 1 heterocycles. The number of alkyl halides is 4. The monoisotopic (exact) mass is 368 g/mol. The molecular weight excluding hydrogens is 358 g/mol. The van der Waals surface area contributed by atoms with Crippen molar-refractivity contribution in [1.29, 1.82) is 0 Å². The van der Waals surface area contributed by atoms with Gasteiger partial charge in [0.1, 0.15) is 0 Å². The molecule has 0 aromatic carbocycles. The molecule has 1 N–H and O–H groups in total. The first-order chi connectivity index (χ1) is 8.68. The van der Waals surface area contributed by atoms with Gasteiger partial charge in [-0.3, -0.25) is 0 Å². The van der Waals surface area contributed by atoms with Gasteiger partial charge in [-0.2, -0.15) is 4.39 Å². The molecule has 0 aromatic heterocycles. The Bertz CT molecular complexity index is 381. The van der Waals surface area contributed by atoms with Crippen LogP contribution in [-0.4, -0.2) is 33.0 Å². The lowest BCUT2D eigenvalue weighted by Gasteiger charge is -2.25. The van der Waals surface area contributed by atoms with Crippen LogP contribution in [0.3, 0.4) is 0 Å². The number of allylic oxidation sites excluding steroid dienone is 1. The lowest BCUT2D eigenvalue weighted by Crippen LogP contribution is -2.35. The summed E-state index contributed by atoms with van der Waals surface area (Å²) >= 11 is 18.0. The van der Waals surface area contributed by atoms with Crippen molar-refractivity contribution < 1.29 is 14.0 Å².